The molecule has 0 aliphatic heterocycles. The van der Waals surface area contributed by atoms with E-state index in [1.807, 2.05) is 11.6 Å². The largest absolute Gasteiger partial charge is 0.395 e. The van der Waals surface area contributed by atoms with Crippen LogP contribution in [0.1, 0.15) is 57.7 Å². The topological polar surface area (TPSA) is 67.3 Å². The van der Waals surface area contributed by atoms with Crippen LogP contribution in [0.4, 0.5) is 11.5 Å². The fraction of sp³-hybridized carbons (Fsp3) is 0.800. The summed E-state index contributed by atoms with van der Waals surface area (Å²) in [5.74, 6) is 0.999. The predicted molar refractivity (Wildman–Crippen MR) is 83.1 cm³/mol. The van der Waals surface area contributed by atoms with E-state index in [4.69, 9.17) is 5.73 Å². The van der Waals surface area contributed by atoms with Crippen LogP contribution in [0.15, 0.2) is 0 Å². The number of aryl methyl sites for hydroxylation is 1. The Morgan fingerprint density at radius 2 is 2.00 bits per heavy atom. The SMILES string of the molecule is Cc1nn(C(C)C)c(N(CCO)C2CCCCC2)c1N. The average Bonchev–Trinajstić information content (AvgIpc) is 2.74. The maximum Gasteiger partial charge on any atom is 0.151 e. The van der Waals surface area contributed by atoms with Crippen LogP contribution in [-0.4, -0.2) is 34.1 Å². The molecule has 1 saturated carbocycles. The maximum absolute atomic E-state index is 9.44. The van der Waals surface area contributed by atoms with Gasteiger partial charge in [-0.25, -0.2) is 4.68 Å². The molecule has 1 aliphatic rings. The standard InChI is InChI=1S/C15H28N4O/c1-11(2)19-15(14(16)12(3)17-19)18(9-10-20)13-7-5-4-6-8-13/h11,13,20H,4-10,16H2,1-3H3. The van der Waals surface area contributed by atoms with Crippen molar-refractivity contribution in [3.05, 3.63) is 5.69 Å². The number of nitrogens with zero attached hydrogens (tertiary/aromatic N) is 3. The smallest absolute Gasteiger partial charge is 0.151 e. The van der Waals surface area contributed by atoms with Gasteiger partial charge in [-0.3, -0.25) is 0 Å². The second-order valence-corrected chi connectivity index (χ2v) is 6.07. The first-order valence-electron chi connectivity index (χ1n) is 7.78. The quantitative estimate of drug-likeness (QED) is 0.869. The van der Waals surface area contributed by atoms with Gasteiger partial charge < -0.3 is 15.7 Å². The molecule has 0 atom stereocenters. The van der Waals surface area contributed by atoms with Crippen LogP contribution in [0.5, 0.6) is 0 Å². The number of anilines is 2. The maximum atomic E-state index is 9.44. The second-order valence-electron chi connectivity index (χ2n) is 6.07. The highest BCUT2D eigenvalue weighted by atomic mass is 16.3. The van der Waals surface area contributed by atoms with Crippen molar-refractivity contribution in [3.8, 4) is 0 Å². The Morgan fingerprint density at radius 1 is 1.35 bits per heavy atom. The Morgan fingerprint density at radius 3 is 2.55 bits per heavy atom. The molecule has 0 bridgehead atoms. The number of hydrogen-bond acceptors (Lipinski definition) is 4. The lowest BCUT2D eigenvalue weighted by molar-refractivity contribution is 0.288. The molecule has 5 nitrogen and oxygen atoms in total. The molecule has 0 radical (unpaired) electrons. The first-order valence-corrected chi connectivity index (χ1v) is 7.78. The average molecular weight is 280 g/mol. The molecule has 0 spiro atoms. The number of nitrogens with two attached hydrogens (primary N) is 1. The lowest BCUT2D eigenvalue weighted by atomic mass is 9.94. The third-order valence-corrected chi connectivity index (χ3v) is 4.22. The number of aliphatic hydroxyl groups is 1. The molecule has 1 aliphatic carbocycles. The number of aliphatic hydroxyl groups excluding tert-OH is 1. The molecule has 0 unspecified atom stereocenters. The van der Waals surface area contributed by atoms with Crippen LogP contribution < -0.4 is 10.6 Å². The fourth-order valence-electron chi connectivity index (χ4n) is 3.16. The van der Waals surface area contributed by atoms with E-state index in [-0.39, 0.29) is 12.6 Å². The van der Waals surface area contributed by atoms with E-state index < -0.39 is 0 Å². The van der Waals surface area contributed by atoms with Gasteiger partial charge in [-0.2, -0.15) is 5.10 Å². The summed E-state index contributed by atoms with van der Waals surface area (Å²) < 4.78 is 2.01. The molecule has 0 saturated heterocycles. The lowest BCUT2D eigenvalue weighted by Crippen LogP contribution is -2.40. The lowest BCUT2D eigenvalue weighted by Gasteiger charge is -2.36. The van der Waals surface area contributed by atoms with Gasteiger partial charge in [-0.15, -0.1) is 0 Å². The highest BCUT2D eigenvalue weighted by Crippen LogP contribution is 2.34. The van der Waals surface area contributed by atoms with Crippen molar-refractivity contribution in [1.82, 2.24) is 9.78 Å². The highest BCUT2D eigenvalue weighted by Gasteiger charge is 2.27. The van der Waals surface area contributed by atoms with Gasteiger partial charge in [-0.05, 0) is 33.6 Å². The molecule has 3 N–H and O–H groups in total. The summed E-state index contributed by atoms with van der Waals surface area (Å²) in [5.41, 5.74) is 7.92. The molecule has 114 valence electrons. The first kappa shape index (κ1) is 15.2. The summed E-state index contributed by atoms with van der Waals surface area (Å²) in [6.07, 6.45) is 6.22. The number of nitrogen functional groups attached to an aromatic ring is 1. The van der Waals surface area contributed by atoms with Gasteiger partial charge in [0.05, 0.1) is 18.0 Å². The van der Waals surface area contributed by atoms with Gasteiger partial charge in [0.1, 0.15) is 0 Å². The molecule has 1 heterocycles. The van der Waals surface area contributed by atoms with Crippen molar-refractivity contribution >= 4 is 11.5 Å². The van der Waals surface area contributed by atoms with E-state index in [1.54, 1.807) is 0 Å². The van der Waals surface area contributed by atoms with E-state index in [0.29, 0.717) is 12.6 Å². The Labute approximate surface area is 121 Å². The van der Waals surface area contributed by atoms with Gasteiger partial charge in [-0.1, -0.05) is 19.3 Å². The number of hydrogen-bond donors (Lipinski definition) is 2. The van der Waals surface area contributed by atoms with Crippen molar-refractivity contribution < 1.29 is 5.11 Å². The zero-order chi connectivity index (χ0) is 14.7. The summed E-state index contributed by atoms with van der Waals surface area (Å²) in [6.45, 7) is 6.97. The van der Waals surface area contributed by atoms with Crippen LogP contribution in [0, 0.1) is 6.92 Å². The van der Waals surface area contributed by atoms with Crippen molar-refractivity contribution in [2.45, 2.75) is 65.0 Å². The van der Waals surface area contributed by atoms with Gasteiger partial charge in [0.15, 0.2) is 5.82 Å². The Bertz CT molecular complexity index is 435. The molecule has 0 amide bonds. The van der Waals surface area contributed by atoms with Gasteiger partial charge in [0.2, 0.25) is 0 Å². The summed E-state index contributed by atoms with van der Waals surface area (Å²) in [7, 11) is 0. The number of rotatable bonds is 5. The van der Waals surface area contributed by atoms with Crippen LogP contribution >= 0.6 is 0 Å². The summed E-state index contributed by atoms with van der Waals surface area (Å²) in [6, 6.07) is 0.748. The minimum absolute atomic E-state index is 0.151. The predicted octanol–water partition coefficient (Wildman–Crippen LogP) is 2.49. The van der Waals surface area contributed by atoms with E-state index in [9.17, 15) is 5.11 Å². The number of aromatic nitrogens is 2. The Hall–Kier alpha value is -1.23. The second kappa shape index (κ2) is 6.48. The molecule has 1 aromatic rings. The van der Waals surface area contributed by atoms with E-state index >= 15 is 0 Å². The fourth-order valence-corrected chi connectivity index (χ4v) is 3.16. The molecule has 1 fully saturated rings. The van der Waals surface area contributed by atoms with Crippen LogP contribution in [-0.2, 0) is 0 Å². The van der Waals surface area contributed by atoms with Gasteiger partial charge in [0.25, 0.3) is 0 Å². The summed E-state index contributed by atoms with van der Waals surface area (Å²) >= 11 is 0. The molecule has 1 aromatic heterocycles. The Balaban J connectivity index is 2.37. The molecular weight excluding hydrogens is 252 g/mol. The molecule has 0 aromatic carbocycles. The van der Waals surface area contributed by atoms with Crippen molar-refractivity contribution in [2.75, 3.05) is 23.8 Å². The van der Waals surface area contributed by atoms with Crippen LogP contribution in [0.2, 0.25) is 0 Å². The third-order valence-electron chi connectivity index (χ3n) is 4.22. The molecule has 20 heavy (non-hydrogen) atoms. The normalized spacial score (nSPS) is 16.9. The zero-order valence-electron chi connectivity index (χ0n) is 13.0. The van der Waals surface area contributed by atoms with Crippen LogP contribution in [0.25, 0.3) is 0 Å². The Kier molecular flexibility index (Phi) is 4.91. The van der Waals surface area contributed by atoms with E-state index in [1.165, 1.54) is 32.1 Å². The van der Waals surface area contributed by atoms with Crippen molar-refractivity contribution in [2.24, 2.45) is 0 Å². The van der Waals surface area contributed by atoms with E-state index in [0.717, 1.165) is 17.2 Å². The molecular formula is C15H28N4O. The zero-order valence-corrected chi connectivity index (χ0v) is 13.0. The van der Waals surface area contributed by atoms with Crippen molar-refractivity contribution in [3.63, 3.8) is 0 Å². The summed E-state index contributed by atoms with van der Waals surface area (Å²) in [5, 5.41) is 14.0. The monoisotopic (exact) mass is 280 g/mol. The third kappa shape index (κ3) is 2.92. The van der Waals surface area contributed by atoms with Crippen molar-refractivity contribution in [1.29, 1.82) is 0 Å². The minimum Gasteiger partial charge on any atom is -0.395 e. The summed E-state index contributed by atoms with van der Waals surface area (Å²) in [4.78, 5) is 2.29. The molecule has 5 heteroatoms. The highest BCUT2D eigenvalue weighted by molar-refractivity contribution is 5.67. The van der Waals surface area contributed by atoms with Gasteiger partial charge >= 0.3 is 0 Å². The van der Waals surface area contributed by atoms with Gasteiger partial charge in [0, 0.05) is 18.6 Å². The van der Waals surface area contributed by atoms with Crippen LogP contribution in [0.3, 0.4) is 0 Å². The van der Waals surface area contributed by atoms with E-state index in [2.05, 4.69) is 23.8 Å². The molecule has 2 rings (SSSR count). The minimum atomic E-state index is 0.151. The first-order chi connectivity index (χ1) is 9.56.